The maximum atomic E-state index is 11.7. The van der Waals surface area contributed by atoms with Gasteiger partial charge in [-0.25, -0.2) is 0 Å². The number of halogens is 5. The van der Waals surface area contributed by atoms with Crippen LogP contribution < -0.4 is 39.0 Å². The van der Waals surface area contributed by atoms with Gasteiger partial charge in [-0.3, -0.25) is 9.59 Å². The number of rotatable bonds is 11. The van der Waals surface area contributed by atoms with Gasteiger partial charge in [0.05, 0.1) is 23.3 Å². The number of nitrogens with one attached hydrogen (secondary N) is 2. The number of para-hydroxylation sites is 2. The predicted octanol–water partition coefficient (Wildman–Crippen LogP) is 10.9. The summed E-state index contributed by atoms with van der Waals surface area (Å²) in [6.45, 7) is 16.2. The minimum absolute atomic E-state index is 0. The van der Waals surface area contributed by atoms with E-state index in [2.05, 4.69) is 40.4 Å². The van der Waals surface area contributed by atoms with E-state index in [9.17, 15) is 9.59 Å². The molecule has 0 bridgehead atoms. The van der Waals surface area contributed by atoms with Crippen molar-refractivity contribution in [1.82, 2.24) is 0 Å². The fourth-order valence-electron chi connectivity index (χ4n) is 3.22. The first-order valence-electron chi connectivity index (χ1n) is 16.8. The Morgan fingerprint density at radius 1 is 0.692 bits per heavy atom. The van der Waals surface area contributed by atoms with Gasteiger partial charge < -0.3 is 27.0 Å². The zero-order chi connectivity index (χ0) is 38.9. The van der Waals surface area contributed by atoms with Crippen LogP contribution in [0.3, 0.4) is 0 Å². The smallest absolute Gasteiger partial charge is 0.492 e. The average Bonchev–Trinajstić information content (AvgIpc) is 3.13. The second kappa shape index (κ2) is 37.0. The Kier molecular flexibility index (Phi) is 38.4. The number of carbonyl (C=O) groups excluding carboxylic acids is 2. The summed E-state index contributed by atoms with van der Waals surface area (Å²) in [5, 5.41) is 8.47. The second-order valence-electron chi connectivity index (χ2n) is 9.45. The van der Waals surface area contributed by atoms with Crippen LogP contribution >= 0.6 is 62.3 Å². The molecule has 4 aromatic carbocycles. The summed E-state index contributed by atoms with van der Waals surface area (Å²) in [4.78, 5) is 22.2. The summed E-state index contributed by atoms with van der Waals surface area (Å²) in [6, 6.07) is 28.9. The van der Waals surface area contributed by atoms with E-state index in [1.807, 2.05) is 88.4 Å². The third-order valence-electron chi connectivity index (χ3n) is 5.43. The van der Waals surface area contributed by atoms with E-state index in [0.717, 1.165) is 23.1 Å². The monoisotopic (exact) mass is 850 g/mol. The number of benzene rings is 4. The fourth-order valence-corrected chi connectivity index (χ4v) is 4.31. The third kappa shape index (κ3) is 29.2. The number of amides is 2. The molecule has 0 atom stereocenters. The maximum absolute atomic E-state index is 11.7. The van der Waals surface area contributed by atoms with Crippen LogP contribution in [0.4, 0.5) is 11.4 Å². The first-order chi connectivity index (χ1) is 24.6. The van der Waals surface area contributed by atoms with Crippen molar-refractivity contribution < 1.29 is 37.9 Å². The Hall–Kier alpha value is -2.34. The van der Waals surface area contributed by atoms with Crippen molar-refractivity contribution >= 4 is 85.5 Å². The Balaban J connectivity index is -0.000000662. The molecule has 4 rings (SSSR count). The van der Waals surface area contributed by atoms with Crippen molar-refractivity contribution in [2.24, 2.45) is 0 Å². The van der Waals surface area contributed by atoms with E-state index >= 15 is 0 Å². The zero-order valence-electron chi connectivity index (χ0n) is 31.4. The van der Waals surface area contributed by atoms with Crippen LogP contribution in [-0.4, -0.2) is 30.4 Å². The van der Waals surface area contributed by atoms with Crippen molar-refractivity contribution in [3.8, 4) is 11.5 Å². The molecule has 2 N–H and O–H groups in total. The minimum Gasteiger partial charge on any atom is -0.492 e. The normalized spacial score (nSPS) is 8.92. The van der Waals surface area contributed by atoms with Crippen molar-refractivity contribution in [2.45, 2.75) is 67.2 Å². The Morgan fingerprint density at radius 3 is 1.46 bits per heavy atom. The minimum atomic E-state index is -0.0359. The van der Waals surface area contributed by atoms with Crippen molar-refractivity contribution in [3.63, 3.8) is 0 Å². The topological polar surface area (TPSA) is 76.7 Å². The van der Waals surface area contributed by atoms with Gasteiger partial charge in [0.1, 0.15) is 11.5 Å². The summed E-state index contributed by atoms with van der Waals surface area (Å²) < 4.78 is 10.8. The molecule has 0 heterocycles. The largest absolute Gasteiger partial charge is 1.00 e. The molecule has 0 aliphatic heterocycles. The molecule has 0 radical (unpaired) electrons. The van der Waals surface area contributed by atoms with Crippen molar-refractivity contribution in [3.05, 3.63) is 124 Å². The number of anilines is 2. The number of unbranched alkanes of at least 4 members (excludes halogenated alkanes) is 1. The van der Waals surface area contributed by atoms with Gasteiger partial charge in [0, 0.05) is 40.1 Å². The van der Waals surface area contributed by atoms with Crippen LogP contribution in [0.5, 0.6) is 11.5 Å². The standard InChI is InChI=1S/C16H15Cl2NO2.C8H7BrCl2O.C8H9NO.C4H9.2C2H6.Li/c17-12-8-9-15(14(18)11-12)21-10-4-7-16(20)19-13-5-2-1-3-6-13;9-3-4-12-8-2-1-6(10)5-7(8)11;1-7(10)9-8-5-3-2-4-6-8;1-3-4-2;2*1-2;/h1-3,5-6,8-9,11H,4,7,10H2,(H,19,20);1-2,5H,3-4H2;2-6H,1H3,(H,9,10);1,3-4H2,2H3;2*1-2H3;/q;;;-1;;;+1. The Labute approximate surface area is 352 Å². The first-order valence-corrected chi connectivity index (χ1v) is 19.4. The molecule has 0 saturated heterocycles. The van der Waals surface area contributed by atoms with Gasteiger partial charge in [-0.15, -0.1) is 0 Å². The van der Waals surface area contributed by atoms with E-state index < -0.39 is 0 Å². The quantitative estimate of drug-likeness (QED) is 0.0682. The summed E-state index contributed by atoms with van der Waals surface area (Å²) in [5.74, 6) is 1.17. The van der Waals surface area contributed by atoms with Gasteiger partial charge in [-0.2, -0.15) is 6.42 Å². The van der Waals surface area contributed by atoms with Crippen LogP contribution in [-0.2, 0) is 9.59 Å². The average molecular weight is 854 g/mol. The SMILES string of the molecule is CC.CC.CC(=O)Nc1ccccc1.Clc1ccc(OCCBr)c(Cl)c1.O=C(CCCOc1ccc(Cl)cc1Cl)Nc1ccccc1.[CH2-]CCC.[Li+]. The number of alkyl halides is 1. The summed E-state index contributed by atoms with van der Waals surface area (Å²) in [6.07, 6.45) is 3.28. The summed E-state index contributed by atoms with van der Waals surface area (Å²) in [7, 11) is 0. The zero-order valence-corrected chi connectivity index (χ0v) is 36.0. The van der Waals surface area contributed by atoms with E-state index in [0.29, 0.717) is 57.6 Å². The molecule has 0 unspecified atom stereocenters. The molecule has 52 heavy (non-hydrogen) atoms. The molecule has 2 amide bonds. The molecule has 6 nitrogen and oxygen atoms in total. The molecule has 282 valence electrons. The van der Waals surface area contributed by atoms with Crippen LogP contribution in [0.15, 0.2) is 97.1 Å². The molecule has 0 aliphatic rings. The van der Waals surface area contributed by atoms with Gasteiger partial charge in [-0.05, 0) is 67.1 Å². The molecule has 0 spiro atoms. The molecule has 4 aromatic rings. The number of hydrogen-bond donors (Lipinski definition) is 2. The van der Waals surface area contributed by atoms with Crippen LogP contribution in [0.2, 0.25) is 20.1 Å². The number of carbonyl (C=O) groups is 2. The van der Waals surface area contributed by atoms with Crippen LogP contribution in [0.25, 0.3) is 0 Å². The first kappa shape index (κ1) is 54.0. The van der Waals surface area contributed by atoms with Gasteiger partial charge in [0.2, 0.25) is 11.8 Å². The van der Waals surface area contributed by atoms with E-state index in [1.54, 1.807) is 36.4 Å². The van der Waals surface area contributed by atoms with Crippen LogP contribution in [0, 0.1) is 6.92 Å². The van der Waals surface area contributed by atoms with E-state index in [1.165, 1.54) is 13.3 Å². The molecule has 0 fully saturated rings. The fraction of sp³-hybridized carbons (Fsp3) is 0.325. The van der Waals surface area contributed by atoms with Crippen molar-refractivity contribution in [2.75, 3.05) is 29.2 Å². The van der Waals surface area contributed by atoms with Gasteiger partial charge >= 0.3 is 18.9 Å². The second-order valence-corrected chi connectivity index (χ2v) is 11.9. The molecular formula is C40H52BrCl4LiN2O4. The van der Waals surface area contributed by atoms with Crippen LogP contribution in [0.1, 0.15) is 67.2 Å². The number of ether oxygens (including phenoxy) is 2. The van der Waals surface area contributed by atoms with E-state index in [4.69, 9.17) is 55.9 Å². The van der Waals surface area contributed by atoms with Gasteiger partial charge in [0.15, 0.2) is 0 Å². The Bertz CT molecular complexity index is 1450. The molecular weight excluding hydrogens is 801 g/mol. The summed E-state index contributed by atoms with van der Waals surface area (Å²) >= 11 is 26.6. The van der Waals surface area contributed by atoms with Gasteiger partial charge in [0.25, 0.3) is 0 Å². The summed E-state index contributed by atoms with van der Waals surface area (Å²) in [5.41, 5.74) is 1.64. The molecule has 0 saturated carbocycles. The third-order valence-corrected chi connectivity index (χ3v) is 6.82. The molecule has 0 aromatic heterocycles. The maximum Gasteiger partial charge on any atom is 1.00 e. The molecule has 12 heteroatoms. The number of hydrogen-bond acceptors (Lipinski definition) is 4. The van der Waals surface area contributed by atoms with E-state index in [-0.39, 0.29) is 30.7 Å². The van der Waals surface area contributed by atoms with Crippen molar-refractivity contribution in [1.29, 1.82) is 0 Å². The predicted molar refractivity (Wildman–Crippen MR) is 226 cm³/mol. The van der Waals surface area contributed by atoms with Gasteiger partial charge in [-0.1, -0.05) is 140 Å². The Morgan fingerprint density at radius 2 is 1.10 bits per heavy atom. The molecule has 0 aliphatic carbocycles.